The van der Waals surface area contributed by atoms with Crippen molar-refractivity contribution in [1.82, 2.24) is 5.32 Å². The van der Waals surface area contributed by atoms with Gasteiger partial charge in [0.1, 0.15) is 0 Å². The number of hydrogen-bond acceptors (Lipinski definition) is 3. The third-order valence-electron chi connectivity index (χ3n) is 3.55. The van der Waals surface area contributed by atoms with Gasteiger partial charge in [0.25, 0.3) is 5.91 Å². The van der Waals surface area contributed by atoms with Crippen LogP contribution in [0.1, 0.15) is 41.6 Å². The zero-order chi connectivity index (χ0) is 13.1. The highest BCUT2D eigenvalue weighted by Crippen LogP contribution is 2.19. The number of aryl methyl sites for hydroxylation is 1. The summed E-state index contributed by atoms with van der Waals surface area (Å²) in [5.41, 5.74) is 7.76. The summed E-state index contributed by atoms with van der Waals surface area (Å²) in [5.74, 6) is -0.147. The summed E-state index contributed by atoms with van der Waals surface area (Å²) in [5, 5.41) is 12.8. The first-order valence-electron chi connectivity index (χ1n) is 6.43. The molecule has 1 amide bonds. The van der Waals surface area contributed by atoms with Gasteiger partial charge < -0.3 is 16.2 Å². The van der Waals surface area contributed by atoms with Crippen molar-refractivity contribution in [1.29, 1.82) is 0 Å². The summed E-state index contributed by atoms with van der Waals surface area (Å²) in [4.78, 5) is 12.2. The fraction of sp³-hybridized carbons (Fsp3) is 0.500. The number of carbonyl (C=O) groups excluding carboxylic acids is 1. The van der Waals surface area contributed by atoms with Crippen molar-refractivity contribution in [2.24, 2.45) is 0 Å². The van der Waals surface area contributed by atoms with Crippen molar-refractivity contribution >= 4 is 24.0 Å². The molecule has 1 aromatic carbocycles. The Morgan fingerprint density at radius 2 is 2.05 bits per heavy atom. The third-order valence-corrected chi connectivity index (χ3v) is 3.55. The summed E-state index contributed by atoms with van der Waals surface area (Å²) in [6.07, 6.45) is 3.27. The molecule has 106 valence electrons. The molecule has 0 aliphatic heterocycles. The van der Waals surface area contributed by atoms with Crippen LogP contribution in [-0.4, -0.2) is 23.2 Å². The van der Waals surface area contributed by atoms with Gasteiger partial charge in [-0.2, -0.15) is 0 Å². The van der Waals surface area contributed by atoms with Gasteiger partial charge in [0.15, 0.2) is 0 Å². The van der Waals surface area contributed by atoms with Crippen LogP contribution in [0.4, 0.5) is 5.69 Å². The number of anilines is 1. The number of aliphatic hydroxyl groups is 1. The van der Waals surface area contributed by atoms with Gasteiger partial charge in [-0.15, -0.1) is 12.4 Å². The normalized spacial score (nSPS) is 22.4. The molecule has 0 radical (unpaired) electrons. The first-order chi connectivity index (χ1) is 8.58. The van der Waals surface area contributed by atoms with E-state index >= 15 is 0 Å². The Hall–Kier alpha value is -1.26. The van der Waals surface area contributed by atoms with Gasteiger partial charge in [-0.1, -0.05) is 18.9 Å². The number of halogens is 1. The molecular weight excluding hydrogens is 264 g/mol. The van der Waals surface area contributed by atoms with E-state index < -0.39 is 6.10 Å². The second-order valence-corrected chi connectivity index (χ2v) is 5.01. The molecule has 1 aromatic rings. The first-order valence-corrected chi connectivity index (χ1v) is 6.43. The van der Waals surface area contributed by atoms with Gasteiger partial charge in [0.2, 0.25) is 0 Å². The van der Waals surface area contributed by atoms with Crippen LogP contribution in [0.5, 0.6) is 0 Å². The van der Waals surface area contributed by atoms with Crippen molar-refractivity contribution in [3.63, 3.8) is 0 Å². The molecule has 0 saturated heterocycles. The van der Waals surface area contributed by atoms with Crippen molar-refractivity contribution < 1.29 is 9.90 Å². The number of aliphatic hydroxyl groups excluding tert-OH is 1. The lowest BCUT2D eigenvalue weighted by atomic mass is 9.92. The van der Waals surface area contributed by atoms with Crippen LogP contribution in [0.15, 0.2) is 18.2 Å². The van der Waals surface area contributed by atoms with Crippen LogP contribution in [0, 0.1) is 6.92 Å². The molecule has 0 heterocycles. The minimum absolute atomic E-state index is 0. The molecule has 2 atom stereocenters. The fourth-order valence-corrected chi connectivity index (χ4v) is 2.41. The summed E-state index contributed by atoms with van der Waals surface area (Å²) < 4.78 is 0. The minimum atomic E-state index is -0.427. The number of benzene rings is 1. The molecule has 0 aromatic heterocycles. The van der Waals surface area contributed by atoms with E-state index in [2.05, 4.69) is 5.32 Å². The highest BCUT2D eigenvalue weighted by molar-refractivity contribution is 5.96. The molecule has 2 rings (SSSR count). The Balaban J connectivity index is 0.00000180. The van der Waals surface area contributed by atoms with E-state index in [1.165, 1.54) is 0 Å². The van der Waals surface area contributed by atoms with Crippen molar-refractivity contribution in [3.05, 3.63) is 29.3 Å². The number of nitrogens with two attached hydrogens (primary N) is 1. The molecule has 0 spiro atoms. The number of nitrogens with one attached hydrogen (secondary N) is 1. The number of rotatable bonds is 2. The molecule has 1 aliphatic rings. The quantitative estimate of drug-likeness (QED) is 0.728. The molecule has 5 heteroatoms. The van der Waals surface area contributed by atoms with E-state index in [1.54, 1.807) is 12.1 Å². The van der Waals surface area contributed by atoms with Gasteiger partial charge in [0, 0.05) is 11.3 Å². The van der Waals surface area contributed by atoms with Gasteiger partial charge >= 0.3 is 0 Å². The molecule has 4 nitrogen and oxygen atoms in total. The van der Waals surface area contributed by atoms with Crippen molar-refractivity contribution in [2.75, 3.05) is 5.73 Å². The topological polar surface area (TPSA) is 75.4 Å². The maximum Gasteiger partial charge on any atom is 0.251 e. The van der Waals surface area contributed by atoms with Crippen LogP contribution in [0.25, 0.3) is 0 Å². The molecule has 4 N–H and O–H groups in total. The molecule has 0 bridgehead atoms. The van der Waals surface area contributed by atoms with Crippen molar-refractivity contribution in [3.8, 4) is 0 Å². The Morgan fingerprint density at radius 1 is 1.37 bits per heavy atom. The van der Waals surface area contributed by atoms with E-state index in [9.17, 15) is 9.90 Å². The second kappa shape index (κ2) is 6.78. The number of nitrogen functional groups attached to an aromatic ring is 1. The third kappa shape index (κ3) is 3.85. The lowest BCUT2D eigenvalue weighted by Crippen LogP contribution is -2.45. The SMILES string of the molecule is Cc1ccc(N)cc1C(=O)N[C@H]1CCCC[C@@H]1O.Cl. The zero-order valence-electron chi connectivity index (χ0n) is 11.1. The molecule has 1 fully saturated rings. The number of amides is 1. The van der Waals surface area contributed by atoms with Crippen LogP contribution in [-0.2, 0) is 0 Å². The monoisotopic (exact) mass is 284 g/mol. The van der Waals surface area contributed by atoms with Crippen LogP contribution < -0.4 is 11.1 Å². The molecule has 1 saturated carbocycles. The Bertz CT molecular complexity index is 451. The van der Waals surface area contributed by atoms with Gasteiger partial charge in [-0.3, -0.25) is 4.79 Å². The van der Waals surface area contributed by atoms with Gasteiger partial charge in [0.05, 0.1) is 12.1 Å². The van der Waals surface area contributed by atoms with E-state index in [0.717, 1.165) is 31.2 Å². The van der Waals surface area contributed by atoms with Gasteiger partial charge in [-0.05, 0) is 37.5 Å². The Morgan fingerprint density at radius 3 is 2.74 bits per heavy atom. The second-order valence-electron chi connectivity index (χ2n) is 5.01. The zero-order valence-corrected chi connectivity index (χ0v) is 11.9. The summed E-state index contributed by atoms with van der Waals surface area (Å²) in [6.45, 7) is 1.88. The molecule has 19 heavy (non-hydrogen) atoms. The van der Waals surface area contributed by atoms with E-state index in [1.807, 2.05) is 13.0 Å². The summed E-state index contributed by atoms with van der Waals surface area (Å²) in [7, 11) is 0. The number of carbonyl (C=O) groups is 1. The Kier molecular flexibility index (Phi) is 5.63. The molecule has 0 unspecified atom stereocenters. The van der Waals surface area contributed by atoms with Gasteiger partial charge in [-0.25, -0.2) is 0 Å². The average molecular weight is 285 g/mol. The predicted molar refractivity (Wildman–Crippen MR) is 78.6 cm³/mol. The van der Waals surface area contributed by atoms with Crippen molar-refractivity contribution in [2.45, 2.75) is 44.8 Å². The predicted octanol–water partition coefficient (Wildman–Crippen LogP) is 2.03. The first kappa shape index (κ1) is 15.8. The molecule has 1 aliphatic carbocycles. The maximum atomic E-state index is 12.2. The largest absolute Gasteiger partial charge is 0.399 e. The van der Waals surface area contributed by atoms with Crippen LogP contribution in [0.3, 0.4) is 0 Å². The fourth-order valence-electron chi connectivity index (χ4n) is 2.41. The highest BCUT2D eigenvalue weighted by atomic mass is 35.5. The smallest absolute Gasteiger partial charge is 0.251 e. The lowest BCUT2D eigenvalue weighted by molar-refractivity contribution is 0.0717. The average Bonchev–Trinajstić information content (AvgIpc) is 2.35. The minimum Gasteiger partial charge on any atom is -0.399 e. The lowest BCUT2D eigenvalue weighted by Gasteiger charge is -2.28. The standard InChI is InChI=1S/C14H20N2O2.ClH/c1-9-6-7-10(15)8-11(9)14(18)16-12-4-2-3-5-13(12)17;/h6-8,12-13,17H,2-5,15H2,1H3,(H,16,18);1H/t12-,13-;/m0./s1. The van der Waals surface area contributed by atoms with E-state index in [0.29, 0.717) is 11.3 Å². The highest BCUT2D eigenvalue weighted by Gasteiger charge is 2.25. The summed E-state index contributed by atoms with van der Waals surface area (Å²) >= 11 is 0. The molecular formula is C14H21ClN2O2. The van der Waals surface area contributed by atoms with Crippen LogP contribution in [0.2, 0.25) is 0 Å². The van der Waals surface area contributed by atoms with E-state index in [-0.39, 0.29) is 24.4 Å². The maximum absolute atomic E-state index is 12.2. The Labute approximate surface area is 119 Å². The van der Waals surface area contributed by atoms with E-state index in [4.69, 9.17) is 5.73 Å². The number of hydrogen-bond donors (Lipinski definition) is 3. The van der Waals surface area contributed by atoms with Crippen LogP contribution >= 0.6 is 12.4 Å². The summed E-state index contributed by atoms with van der Waals surface area (Å²) in [6, 6.07) is 5.16.